The van der Waals surface area contributed by atoms with Crippen molar-refractivity contribution in [2.24, 2.45) is 0 Å². The lowest BCUT2D eigenvalue weighted by atomic mass is 10.1. The van der Waals surface area contributed by atoms with Crippen LogP contribution in [-0.2, 0) is 12.8 Å². The first-order valence-corrected chi connectivity index (χ1v) is 6.30. The quantitative estimate of drug-likeness (QED) is 0.774. The van der Waals surface area contributed by atoms with Crippen LogP contribution in [0.4, 0.5) is 5.82 Å². The van der Waals surface area contributed by atoms with E-state index in [0.29, 0.717) is 6.04 Å². The second-order valence-corrected chi connectivity index (χ2v) is 5.14. The number of piperidine rings is 1. The highest BCUT2D eigenvalue weighted by atomic mass is 15.3. The van der Waals surface area contributed by atoms with Crippen molar-refractivity contribution >= 4 is 5.82 Å². The third-order valence-corrected chi connectivity index (χ3v) is 4.02. The van der Waals surface area contributed by atoms with Crippen molar-refractivity contribution < 1.29 is 0 Å². The number of hydrogen-bond donors (Lipinski definition) is 1. The van der Waals surface area contributed by atoms with Crippen LogP contribution >= 0.6 is 0 Å². The minimum absolute atomic E-state index is 0.584. The lowest BCUT2D eigenvalue weighted by Crippen LogP contribution is -2.32. The minimum atomic E-state index is 0.584. The van der Waals surface area contributed by atoms with Gasteiger partial charge in [-0.05, 0) is 52.2 Å². The highest BCUT2D eigenvalue weighted by Gasteiger charge is 2.26. The summed E-state index contributed by atoms with van der Waals surface area (Å²) in [6.45, 7) is 2.36. The van der Waals surface area contributed by atoms with Gasteiger partial charge in [-0.25, -0.2) is 0 Å². The summed E-state index contributed by atoms with van der Waals surface area (Å²) < 4.78 is 2.24. The molecule has 0 amide bonds. The molecule has 1 saturated heterocycles. The molecule has 2 aliphatic rings. The number of likely N-dealkylation sites (tertiary alicyclic amines) is 1. The molecule has 0 atom stereocenters. The predicted octanol–water partition coefficient (Wildman–Crippen LogP) is 1.22. The van der Waals surface area contributed by atoms with Crippen LogP contribution in [0.5, 0.6) is 0 Å². The zero-order chi connectivity index (χ0) is 11.1. The van der Waals surface area contributed by atoms with Gasteiger partial charge in [0, 0.05) is 11.3 Å². The lowest BCUT2D eigenvalue weighted by Gasteiger charge is -2.29. The Morgan fingerprint density at radius 2 is 2.00 bits per heavy atom. The summed E-state index contributed by atoms with van der Waals surface area (Å²) in [5, 5.41) is 4.56. The maximum atomic E-state index is 5.98. The molecule has 4 heteroatoms. The molecule has 1 fully saturated rings. The number of nitrogens with zero attached hydrogens (tertiary/aromatic N) is 3. The Labute approximate surface area is 96.4 Å². The summed E-state index contributed by atoms with van der Waals surface area (Å²) in [6, 6.07) is 0.584. The van der Waals surface area contributed by atoms with Crippen molar-refractivity contribution in [2.75, 3.05) is 25.9 Å². The molecule has 0 bridgehead atoms. The van der Waals surface area contributed by atoms with Crippen molar-refractivity contribution in [2.45, 2.75) is 38.1 Å². The monoisotopic (exact) mass is 220 g/mol. The molecular weight excluding hydrogens is 200 g/mol. The number of aromatic nitrogens is 2. The summed E-state index contributed by atoms with van der Waals surface area (Å²) in [7, 11) is 2.19. The van der Waals surface area contributed by atoms with Crippen LogP contribution in [0.15, 0.2) is 0 Å². The topological polar surface area (TPSA) is 47.1 Å². The van der Waals surface area contributed by atoms with E-state index in [1.165, 1.54) is 50.0 Å². The molecule has 1 aromatic heterocycles. The van der Waals surface area contributed by atoms with E-state index >= 15 is 0 Å². The number of rotatable bonds is 1. The Morgan fingerprint density at radius 1 is 1.25 bits per heavy atom. The molecule has 1 aromatic rings. The average molecular weight is 220 g/mol. The normalized spacial score (nSPS) is 22.6. The SMILES string of the molecule is CN1CCC(n2nc(N)c3c2CCC3)CC1. The van der Waals surface area contributed by atoms with Crippen molar-refractivity contribution in [3.05, 3.63) is 11.3 Å². The van der Waals surface area contributed by atoms with E-state index in [-0.39, 0.29) is 0 Å². The molecule has 0 unspecified atom stereocenters. The number of hydrogen-bond acceptors (Lipinski definition) is 3. The largest absolute Gasteiger partial charge is 0.382 e. The van der Waals surface area contributed by atoms with Crippen LogP contribution in [0.25, 0.3) is 0 Å². The van der Waals surface area contributed by atoms with E-state index in [2.05, 4.69) is 21.7 Å². The average Bonchev–Trinajstić information content (AvgIpc) is 2.84. The molecule has 1 aliphatic carbocycles. The van der Waals surface area contributed by atoms with Crippen LogP contribution in [0.3, 0.4) is 0 Å². The molecule has 88 valence electrons. The van der Waals surface area contributed by atoms with Gasteiger partial charge >= 0.3 is 0 Å². The standard InChI is InChI=1S/C12H20N4/c1-15-7-5-9(6-8-15)16-11-4-2-3-10(11)12(13)14-16/h9H,2-8H2,1H3,(H2,13,14). The highest BCUT2D eigenvalue weighted by Crippen LogP contribution is 2.32. The van der Waals surface area contributed by atoms with E-state index in [4.69, 9.17) is 5.73 Å². The van der Waals surface area contributed by atoms with E-state index in [9.17, 15) is 0 Å². The molecule has 3 rings (SSSR count). The fraction of sp³-hybridized carbons (Fsp3) is 0.750. The molecule has 1 aliphatic heterocycles. The summed E-state index contributed by atoms with van der Waals surface area (Å²) in [6.07, 6.45) is 5.98. The summed E-state index contributed by atoms with van der Waals surface area (Å²) in [5.74, 6) is 0.784. The van der Waals surface area contributed by atoms with E-state index in [1.54, 1.807) is 0 Å². The van der Waals surface area contributed by atoms with Crippen molar-refractivity contribution in [1.82, 2.24) is 14.7 Å². The van der Waals surface area contributed by atoms with Crippen molar-refractivity contribution in [3.63, 3.8) is 0 Å². The number of nitrogens with two attached hydrogens (primary N) is 1. The molecular formula is C12H20N4. The lowest BCUT2D eigenvalue weighted by molar-refractivity contribution is 0.210. The molecule has 0 aromatic carbocycles. The van der Waals surface area contributed by atoms with Crippen LogP contribution in [0, 0.1) is 0 Å². The van der Waals surface area contributed by atoms with Gasteiger partial charge in [0.25, 0.3) is 0 Å². The minimum Gasteiger partial charge on any atom is -0.382 e. The van der Waals surface area contributed by atoms with Gasteiger partial charge in [0.05, 0.1) is 6.04 Å². The molecule has 0 saturated carbocycles. The first-order chi connectivity index (χ1) is 7.75. The van der Waals surface area contributed by atoms with Gasteiger partial charge in [0.15, 0.2) is 0 Å². The van der Waals surface area contributed by atoms with E-state index in [1.807, 2.05) is 0 Å². The maximum absolute atomic E-state index is 5.98. The fourth-order valence-electron chi connectivity index (χ4n) is 3.03. The van der Waals surface area contributed by atoms with Crippen molar-refractivity contribution in [1.29, 1.82) is 0 Å². The van der Waals surface area contributed by atoms with Crippen LogP contribution in [0.2, 0.25) is 0 Å². The summed E-state index contributed by atoms with van der Waals surface area (Å²) in [5.41, 5.74) is 8.74. The van der Waals surface area contributed by atoms with Crippen LogP contribution < -0.4 is 5.73 Å². The predicted molar refractivity (Wildman–Crippen MR) is 64.4 cm³/mol. The first-order valence-electron chi connectivity index (χ1n) is 6.30. The molecule has 0 radical (unpaired) electrons. The third-order valence-electron chi connectivity index (χ3n) is 4.02. The third kappa shape index (κ3) is 1.52. The van der Waals surface area contributed by atoms with Crippen molar-refractivity contribution in [3.8, 4) is 0 Å². The first kappa shape index (κ1) is 10.1. The zero-order valence-electron chi connectivity index (χ0n) is 9.95. The van der Waals surface area contributed by atoms with E-state index < -0.39 is 0 Å². The fourth-order valence-corrected chi connectivity index (χ4v) is 3.03. The molecule has 4 nitrogen and oxygen atoms in total. The van der Waals surface area contributed by atoms with Gasteiger partial charge in [-0.15, -0.1) is 0 Å². The number of fused-ring (bicyclic) bond motifs is 1. The van der Waals surface area contributed by atoms with Gasteiger partial charge in [0.2, 0.25) is 0 Å². The maximum Gasteiger partial charge on any atom is 0.148 e. The second-order valence-electron chi connectivity index (χ2n) is 5.14. The second kappa shape index (κ2) is 3.77. The Kier molecular flexibility index (Phi) is 2.39. The number of anilines is 1. The van der Waals surface area contributed by atoms with Gasteiger partial charge in [-0.3, -0.25) is 4.68 Å². The summed E-state index contributed by atoms with van der Waals surface area (Å²) in [4.78, 5) is 2.39. The smallest absolute Gasteiger partial charge is 0.148 e. The molecule has 16 heavy (non-hydrogen) atoms. The van der Waals surface area contributed by atoms with Crippen LogP contribution in [-0.4, -0.2) is 34.8 Å². The molecule has 0 spiro atoms. The molecule has 2 heterocycles. The Balaban J connectivity index is 1.87. The Morgan fingerprint density at radius 3 is 2.75 bits per heavy atom. The van der Waals surface area contributed by atoms with Crippen LogP contribution in [0.1, 0.15) is 36.6 Å². The van der Waals surface area contributed by atoms with Gasteiger partial charge in [-0.1, -0.05) is 0 Å². The molecule has 2 N–H and O–H groups in total. The number of nitrogen functional groups attached to an aromatic ring is 1. The Hall–Kier alpha value is -1.03. The highest BCUT2D eigenvalue weighted by molar-refractivity contribution is 5.45. The van der Waals surface area contributed by atoms with E-state index in [0.717, 1.165) is 12.2 Å². The van der Waals surface area contributed by atoms with Gasteiger partial charge < -0.3 is 10.6 Å². The zero-order valence-corrected chi connectivity index (χ0v) is 9.95. The summed E-state index contributed by atoms with van der Waals surface area (Å²) >= 11 is 0. The van der Waals surface area contributed by atoms with Gasteiger partial charge in [0.1, 0.15) is 5.82 Å². The Bertz CT molecular complexity index is 388. The van der Waals surface area contributed by atoms with Gasteiger partial charge in [-0.2, -0.15) is 5.10 Å².